The Kier molecular flexibility index (Phi) is 3.06. The molecule has 6 heteroatoms. The van der Waals surface area contributed by atoms with E-state index in [1.54, 1.807) is 11.5 Å². The number of para-hydroxylation sites is 1. The van der Waals surface area contributed by atoms with Crippen LogP contribution in [0.2, 0.25) is 0 Å². The Morgan fingerprint density at radius 2 is 2.00 bits per heavy atom. The molecular formula is C15H13N3O3. The van der Waals surface area contributed by atoms with E-state index < -0.39 is 5.97 Å². The largest absolute Gasteiger partial charge is 0.409 e. The van der Waals surface area contributed by atoms with Crippen LogP contribution in [0.5, 0.6) is 5.88 Å². The fourth-order valence-electron chi connectivity index (χ4n) is 2.34. The molecule has 2 aromatic heterocycles. The van der Waals surface area contributed by atoms with Crippen LogP contribution in [0.25, 0.3) is 16.7 Å². The number of fused-ring (bicyclic) bond motifs is 1. The van der Waals surface area contributed by atoms with Gasteiger partial charge in [-0.3, -0.25) is 14.2 Å². The molecule has 0 saturated heterocycles. The van der Waals surface area contributed by atoms with Gasteiger partial charge in [0, 0.05) is 12.5 Å². The molecule has 3 rings (SSSR count). The lowest BCUT2D eigenvalue weighted by Crippen LogP contribution is -2.08. The molecule has 0 radical (unpaired) electrons. The summed E-state index contributed by atoms with van der Waals surface area (Å²) in [4.78, 5) is 30.2. The van der Waals surface area contributed by atoms with Crippen molar-refractivity contribution in [2.24, 2.45) is 0 Å². The third-order valence-electron chi connectivity index (χ3n) is 3.20. The number of benzene rings is 1. The minimum absolute atomic E-state index is 0.263. The quantitative estimate of drug-likeness (QED) is 0.729. The van der Waals surface area contributed by atoms with Gasteiger partial charge in [-0.05, 0) is 19.1 Å². The summed E-state index contributed by atoms with van der Waals surface area (Å²) >= 11 is 0. The summed E-state index contributed by atoms with van der Waals surface area (Å²) in [6.07, 6.45) is 1.33. The van der Waals surface area contributed by atoms with Crippen molar-refractivity contribution in [2.75, 3.05) is 0 Å². The van der Waals surface area contributed by atoms with Gasteiger partial charge in [0.15, 0.2) is 5.65 Å². The molecule has 0 bridgehead atoms. The Balaban J connectivity index is 2.43. The van der Waals surface area contributed by atoms with E-state index in [0.29, 0.717) is 22.5 Å². The Hall–Kier alpha value is -2.89. The van der Waals surface area contributed by atoms with Crippen LogP contribution in [0.3, 0.4) is 0 Å². The van der Waals surface area contributed by atoms with Crippen molar-refractivity contribution in [1.82, 2.24) is 14.5 Å². The van der Waals surface area contributed by atoms with Gasteiger partial charge in [0.2, 0.25) is 5.88 Å². The van der Waals surface area contributed by atoms with Gasteiger partial charge in [-0.15, -0.1) is 0 Å². The molecule has 106 valence electrons. The predicted octanol–water partition coefficient (Wildman–Crippen LogP) is 1.95. The van der Waals surface area contributed by atoms with Crippen LogP contribution in [0, 0.1) is 6.92 Å². The second-order valence-electron chi connectivity index (χ2n) is 4.63. The van der Waals surface area contributed by atoms with Gasteiger partial charge < -0.3 is 9.72 Å². The first-order valence-corrected chi connectivity index (χ1v) is 6.42. The molecule has 21 heavy (non-hydrogen) atoms. The van der Waals surface area contributed by atoms with Gasteiger partial charge >= 0.3 is 5.97 Å². The zero-order valence-corrected chi connectivity index (χ0v) is 11.6. The van der Waals surface area contributed by atoms with Crippen LogP contribution in [0.4, 0.5) is 0 Å². The molecule has 0 aliphatic carbocycles. The van der Waals surface area contributed by atoms with Gasteiger partial charge in [0.25, 0.3) is 5.56 Å². The van der Waals surface area contributed by atoms with Crippen molar-refractivity contribution in [3.05, 3.63) is 52.6 Å². The number of carbonyl (C=O) groups excluding carboxylic acids is 1. The molecule has 0 spiro atoms. The minimum Gasteiger partial charge on any atom is -0.409 e. The second kappa shape index (κ2) is 4.90. The summed E-state index contributed by atoms with van der Waals surface area (Å²) in [5.74, 6) is -0.137. The smallest absolute Gasteiger partial charge is 0.309 e. The number of aryl methyl sites for hydroxylation is 1. The number of nitrogens with zero attached hydrogens (tertiary/aromatic N) is 2. The molecule has 0 unspecified atom stereocenters. The maximum atomic E-state index is 12.0. The molecule has 6 nitrogen and oxygen atoms in total. The summed E-state index contributed by atoms with van der Waals surface area (Å²) in [6, 6.07) is 9.32. The van der Waals surface area contributed by atoms with Crippen LogP contribution in [-0.2, 0) is 4.79 Å². The molecule has 2 heterocycles. The summed E-state index contributed by atoms with van der Waals surface area (Å²) in [5.41, 5.74) is 1.54. The topological polar surface area (TPSA) is 77.0 Å². The molecule has 1 N–H and O–H groups in total. The number of H-pyrrole nitrogens is 1. The van der Waals surface area contributed by atoms with E-state index in [-0.39, 0.29) is 5.56 Å². The average Bonchev–Trinajstić information content (AvgIpc) is 2.73. The molecule has 0 amide bonds. The van der Waals surface area contributed by atoms with Crippen LogP contribution >= 0.6 is 0 Å². The van der Waals surface area contributed by atoms with Crippen LogP contribution in [0.1, 0.15) is 12.5 Å². The number of rotatable bonds is 2. The number of hydrogen-bond donors (Lipinski definition) is 1. The highest BCUT2D eigenvalue weighted by molar-refractivity contribution is 5.85. The number of aromatic amines is 1. The van der Waals surface area contributed by atoms with Crippen LogP contribution < -0.4 is 10.3 Å². The number of nitrogens with one attached hydrogen (secondary N) is 1. The van der Waals surface area contributed by atoms with E-state index in [1.165, 1.54) is 13.3 Å². The van der Waals surface area contributed by atoms with E-state index in [2.05, 4.69) is 9.97 Å². The van der Waals surface area contributed by atoms with Crippen molar-refractivity contribution < 1.29 is 9.53 Å². The first-order chi connectivity index (χ1) is 10.1. The average molecular weight is 283 g/mol. The van der Waals surface area contributed by atoms with Gasteiger partial charge in [-0.1, -0.05) is 18.2 Å². The third-order valence-corrected chi connectivity index (χ3v) is 3.20. The molecule has 0 saturated carbocycles. The normalized spacial score (nSPS) is 10.8. The van der Waals surface area contributed by atoms with E-state index in [9.17, 15) is 9.59 Å². The van der Waals surface area contributed by atoms with Crippen molar-refractivity contribution in [3.63, 3.8) is 0 Å². The van der Waals surface area contributed by atoms with Crippen molar-refractivity contribution in [3.8, 4) is 11.6 Å². The minimum atomic E-state index is -0.450. The molecule has 0 aliphatic rings. The van der Waals surface area contributed by atoms with Crippen molar-refractivity contribution in [2.45, 2.75) is 13.8 Å². The maximum Gasteiger partial charge on any atom is 0.309 e. The fourth-order valence-corrected chi connectivity index (χ4v) is 2.34. The first kappa shape index (κ1) is 13.1. The summed E-state index contributed by atoms with van der Waals surface area (Å²) in [7, 11) is 0. The van der Waals surface area contributed by atoms with Crippen molar-refractivity contribution >= 4 is 17.0 Å². The third kappa shape index (κ3) is 2.10. The number of carbonyl (C=O) groups is 1. The van der Waals surface area contributed by atoms with E-state index in [1.807, 2.05) is 30.3 Å². The van der Waals surface area contributed by atoms with Crippen LogP contribution in [0.15, 0.2) is 41.5 Å². The van der Waals surface area contributed by atoms with Gasteiger partial charge in [0.1, 0.15) is 0 Å². The SMILES string of the molecule is CC(=O)Oc1c(C)c2c(=O)[nH]cnc2n1-c1ccccc1. The maximum absolute atomic E-state index is 12.0. The van der Waals surface area contributed by atoms with Crippen LogP contribution in [-0.4, -0.2) is 20.5 Å². The Labute approximate surface area is 120 Å². The highest BCUT2D eigenvalue weighted by Gasteiger charge is 2.21. The number of hydrogen-bond acceptors (Lipinski definition) is 4. The Bertz CT molecular complexity index is 878. The summed E-state index contributed by atoms with van der Waals surface area (Å²) in [6.45, 7) is 3.06. The predicted molar refractivity (Wildman–Crippen MR) is 77.7 cm³/mol. The molecular weight excluding hydrogens is 270 g/mol. The summed E-state index contributed by atoms with van der Waals surface area (Å²) in [5, 5.41) is 0.414. The lowest BCUT2D eigenvalue weighted by atomic mass is 10.2. The summed E-state index contributed by atoms with van der Waals surface area (Å²) < 4.78 is 6.97. The zero-order chi connectivity index (χ0) is 15.0. The van der Waals surface area contributed by atoms with Gasteiger partial charge in [-0.2, -0.15) is 0 Å². The fraction of sp³-hybridized carbons (Fsp3) is 0.133. The standard InChI is InChI=1S/C15H13N3O3/c1-9-12-13(16-8-17-14(12)20)18(15(9)21-10(2)19)11-6-4-3-5-7-11/h3-8H,1-2H3,(H,16,17,20). The monoisotopic (exact) mass is 283 g/mol. The number of ether oxygens (including phenoxy) is 1. The van der Waals surface area contributed by atoms with Gasteiger partial charge in [0.05, 0.1) is 17.4 Å². The lowest BCUT2D eigenvalue weighted by Gasteiger charge is -2.09. The highest BCUT2D eigenvalue weighted by Crippen LogP contribution is 2.31. The number of esters is 1. The molecule has 3 aromatic rings. The molecule has 0 atom stereocenters. The lowest BCUT2D eigenvalue weighted by molar-refractivity contribution is -0.132. The Morgan fingerprint density at radius 1 is 1.29 bits per heavy atom. The molecule has 0 fully saturated rings. The molecule has 0 aliphatic heterocycles. The van der Waals surface area contributed by atoms with E-state index in [4.69, 9.17) is 4.74 Å². The second-order valence-corrected chi connectivity index (χ2v) is 4.63. The zero-order valence-electron chi connectivity index (χ0n) is 11.6. The van der Waals surface area contributed by atoms with E-state index in [0.717, 1.165) is 5.69 Å². The van der Waals surface area contributed by atoms with E-state index >= 15 is 0 Å². The highest BCUT2D eigenvalue weighted by atomic mass is 16.5. The Morgan fingerprint density at radius 3 is 2.67 bits per heavy atom. The van der Waals surface area contributed by atoms with Gasteiger partial charge in [-0.25, -0.2) is 4.98 Å². The number of aromatic nitrogens is 3. The first-order valence-electron chi connectivity index (χ1n) is 6.42. The van der Waals surface area contributed by atoms with Crippen molar-refractivity contribution in [1.29, 1.82) is 0 Å². The molecule has 1 aromatic carbocycles.